The highest BCUT2D eigenvalue weighted by Crippen LogP contribution is 2.31. The number of hydrogen-bond donors (Lipinski definition) is 0. The molecule has 1 atom stereocenters. The summed E-state index contributed by atoms with van der Waals surface area (Å²) in [6, 6.07) is 10.1. The Labute approximate surface area is 115 Å². The van der Waals surface area contributed by atoms with Gasteiger partial charge in [0.25, 0.3) is 0 Å². The van der Waals surface area contributed by atoms with Gasteiger partial charge < -0.3 is 4.74 Å². The van der Waals surface area contributed by atoms with Crippen LogP contribution in [0.1, 0.15) is 51.0 Å². The Morgan fingerprint density at radius 3 is 2.63 bits per heavy atom. The number of hydrogen-bond acceptors (Lipinski definition) is 2. The van der Waals surface area contributed by atoms with Gasteiger partial charge in [0.2, 0.25) is 0 Å². The molecule has 2 nitrogen and oxygen atoms in total. The Morgan fingerprint density at radius 2 is 1.95 bits per heavy atom. The number of carbonyl (C=O) groups is 1. The molecule has 102 valence electrons. The van der Waals surface area contributed by atoms with Gasteiger partial charge in [-0.2, -0.15) is 0 Å². The van der Waals surface area contributed by atoms with Crippen molar-refractivity contribution in [1.29, 1.82) is 0 Å². The highest BCUT2D eigenvalue weighted by atomic mass is 16.5. The first-order valence-corrected chi connectivity index (χ1v) is 7.12. The van der Waals surface area contributed by atoms with E-state index in [0.29, 0.717) is 0 Å². The minimum Gasteiger partial charge on any atom is -0.498 e. The molecule has 2 heteroatoms. The van der Waals surface area contributed by atoms with E-state index in [0.717, 1.165) is 36.8 Å². The third kappa shape index (κ3) is 3.69. The smallest absolute Gasteiger partial charge is 0.169 e. The molecule has 19 heavy (non-hydrogen) atoms. The number of benzene rings is 1. The summed E-state index contributed by atoms with van der Waals surface area (Å²) in [5.74, 6) is 0.245. The van der Waals surface area contributed by atoms with Crippen LogP contribution < -0.4 is 0 Å². The van der Waals surface area contributed by atoms with Crippen LogP contribution in [-0.4, -0.2) is 11.9 Å². The SMILES string of the molecule is CC(C)O/C=C1/CCCCC(c2ccccc2)C1=O. The van der Waals surface area contributed by atoms with E-state index in [9.17, 15) is 4.79 Å². The van der Waals surface area contributed by atoms with Crippen molar-refractivity contribution in [3.8, 4) is 0 Å². The third-order valence-electron chi connectivity index (χ3n) is 3.51. The maximum absolute atomic E-state index is 12.6. The zero-order valence-electron chi connectivity index (χ0n) is 11.8. The van der Waals surface area contributed by atoms with E-state index in [-0.39, 0.29) is 17.8 Å². The van der Waals surface area contributed by atoms with Gasteiger partial charge in [-0.05, 0) is 38.7 Å². The van der Waals surface area contributed by atoms with Gasteiger partial charge in [-0.3, -0.25) is 4.79 Å². The van der Waals surface area contributed by atoms with Crippen LogP contribution in [-0.2, 0) is 9.53 Å². The van der Waals surface area contributed by atoms with E-state index >= 15 is 0 Å². The molecule has 2 rings (SSSR count). The van der Waals surface area contributed by atoms with E-state index in [2.05, 4.69) is 12.1 Å². The molecule has 0 aromatic heterocycles. The van der Waals surface area contributed by atoms with Gasteiger partial charge in [-0.25, -0.2) is 0 Å². The fraction of sp³-hybridized carbons (Fsp3) is 0.471. The van der Waals surface area contributed by atoms with E-state index in [1.165, 1.54) is 0 Å². The quantitative estimate of drug-likeness (QED) is 0.461. The van der Waals surface area contributed by atoms with Gasteiger partial charge in [0, 0.05) is 11.5 Å². The highest BCUT2D eigenvalue weighted by molar-refractivity contribution is 6.00. The second-order valence-corrected chi connectivity index (χ2v) is 5.40. The predicted octanol–water partition coefficient (Wildman–Crippen LogP) is 4.22. The molecule has 1 aromatic carbocycles. The van der Waals surface area contributed by atoms with Crippen LogP contribution in [0, 0.1) is 0 Å². The molecular formula is C17H22O2. The fourth-order valence-corrected chi connectivity index (χ4v) is 2.48. The van der Waals surface area contributed by atoms with Crippen molar-refractivity contribution >= 4 is 5.78 Å². The molecule has 0 saturated heterocycles. The third-order valence-corrected chi connectivity index (χ3v) is 3.51. The Bertz CT molecular complexity index is 446. The summed E-state index contributed by atoms with van der Waals surface area (Å²) in [6.45, 7) is 3.96. The second-order valence-electron chi connectivity index (χ2n) is 5.40. The summed E-state index contributed by atoms with van der Waals surface area (Å²) >= 11 is 0. The monoisotopic (exact) mass is 258 g/mol. The summed E-state index contributed by atoms with van der Waals surface area (Å²) in [5.41, 5.74) is 1.98. The van der Waals surface area contributed by atoms with Crippen molar-refractivity contribution in [3.63, 3.8) is 0 Å². The zero-order chi connectivity index (χ0) is 13.7. The van der Waals surface area contributed by atoms with Crippen LogP contribution in [0.3, 0.4) is 0 Å². The molecule has 0 radical (unpaired) electrons. The average Bonchev–Trinajstić information content (AvgIpc) is 2.59. The molecule has 0 amide bonds. The van der Waals surface area contributed by atoms with Crippen LogP contribution >= 0.6 is 0 Å². The first-order valence-electron chi connectivity index (χ1n) is 7.12. The van der Waals surface area contributed by atoms with Crippen molar-refractivity contribution in [2.45, 2.75) is 51.6 Å². The number of allylic oxidation sites excluding steroid dienone is 1. The number of carbonyl (C=O) groups excluding carboxylic acids is 1. The molecule has 1 aliphatic carbocycles. The molecule has 0 aliphatic heterocycles. The Balaban J connectivity index is 2.20. The lowest BCUT2D eigenvalue weighted by molar-refractivity contribution is -0.117. The molecule has 0 N–H and O–H groups in total. The molecule has 1 aliphatic rings. The van der Waals surface area contributed by atoms with Gasteiger partial charge in [0.15, 0.2) is 5.78 Å². The summed E-state index contributed by atoms with van der Waals surface area (Å²) < 4.78 is 5.51. The average molecular weight is 258 g/mol. The first-order chi connectivity index (χ1) is 9.18. The van der Waals surface area contributed by atoms with E-state index in [4.69, 9.17) is 4.74 Å². The Hall–Kier alpha value is -1.57. The summed E-state index contributed by atoms with van der Waals surface area (Å²) in [7, 11) is 0. The van der Waals surface area contributed by atoms with Crippen LogP contribution in [0.4, 0.5) is 0 Å². The van der Waals surface area contributed by atoms with Crippen molar-refractivity contribution in [2.24, 2.45) is 0 Å². The standard InChI is InChI=1S/C17H22O2/c1-13(2)19-12-15-10-6-7-11-16(17(15)18)14-8-4-3-5-9-14/h3-5,8-9,12-13,16H,6-7,10-11H2,1-2H3/b15-12-. The first kappa shape index (κ1) is 13.9. The number of Topliss-reactive ketones (excluding diaryl/α,β-unsaturated/α-hetero) is 1. The van der Waals surface area contributed by atoms with Gasteiger partial charge in [0.1, 0.15) is 0 Å². The van der Waals surface area contributed by atoms with E-state index in [1.807, 2.05) is 32.0 Å². The van der Waals surface area contributed by atoms with Crippen molar-refractivity contribution in [1.82, 2.24) is 0 Å². The zero-order valence-corrected chi connectivity index (χ0v) is 11.8. The van der Waals surface area contributed by atoms with Crippen LogP contribution in [0.2, 0.25) is 0 Å². The normalized spacial score (nSPS) is 22.6. The summed E-state index contributed by atoms with van der Waals surface area (Å²) in [6.07, 6.45) is 5.77. The fourth-order valence-electron chi connectivity index (χ4n) is 2.48. The highest BCUT2D eigenvalue weighted by Gasteiger charge is 2.26. The molecular weight excluding hydrogens is 236 g/mol. The minimum absolute atomic E-state index is 0.00529. The molecule has 1 aromatic rings. The van der Waals surface area contributed by atoms with Crippen LogP contribution in [0.5, 0.6) is 0 Å². The molecule has 0 spiro atoms. The second kappa shape index (κ2) is 6.55. The van der Waals surface area contributed by atoms with Gasteiger partial charge in [0.05, 0.1) is 12.4 Å². The lowest BCUT2D eigenvalue weighted by Gasteiger charge is -2.14. The number of rotatable bonds is 3. The Kier molecular flexibility index (Phi) is 4.78. The van der Waals surface area contributed by atoms with Crippen LogP contribution in [0.15, 0.2) is 42.2 Å². The number of ether oxygens (including phenoxy) is 1. The maximum atomic E-state index is 12.6. The topological polar surface area (TPSA) is 26.3 Å². The Morgan fingerprint density at radius 1 is 1.21 bits per heavy atom. The molecule has 1 fully saturated rings. The van der Waals surface area contributed by atoms with E-state index in [1.54, 1.807) is 6.26 Å². The maximum Gasteiger partial charge on any atom is 0.169 e. The molecule has 0 heterocycles. The van der Waals surface area contributed by atoms with Crippen molar-refractivity contribution in [3.05, 3.63) is 47.7 Å². The van der Waals surface area contributed by atoms with Gasteiger partial charge >= 0.3 is 0 Å². The summed E-state index contributed by atoms with van der Waals surface area (Å²) in [5, 5.41) is 0. The van der Waals surface area contributed by atoms with Crippen molar-refractivity contribution in [2.75, 3.05) is 0 Å². The molecule has 1 saturated carbocycles. The van der Waals surface area contributed by atoms with Crippen molar-refractivity contribution < 1.29 is 9.53 Å². The molecule has 0 bridgehead atoms. The van der Waals surface area contributed by atoms with Gasteiger partial charge in [-0.15, -0.1) is 0 Å². The lowest BCUT2D eigenvalue weighted by Crippen LogP contribution is -2.13. The predicted molar refractivity (Wildman–Crippen MR) is 77.0 cm³/mol. The lowest BCUT2D eigenvalue weighted by atomic mass is 9.89. The largest absolute Gasteiger partial charge is 0.498 e. The molecule has 1 unspecified atom stereocenters. The van der Waals surface area contributed by atoms with Crippen LogP contribution in [0.25, 0.3) is 0 Å². The minimum atomic E-state index is 0.00529. The van der Waals surface area contributed by atoms with Gasteiger partial charge in [-0.1, -0.05) is 36.8 Å². The number of ketones is 1. The summed E-state index contributed by atoms with van der Waals surface area (Å²) in [4.78, 5) is 12.6. The van der Waals surface area contributed by atoms with E-state index < -0.39 is 0 Å².